The first-order chi connectivity index (χ1) is 39.5. The van der Waals surface area contributed by atoms with Crippen LogP contribution in [0.5, 0.6) is 0 Å². The molecule has 0 aliphatic rings. The highest BCUT2D eigenvalue weighted by Crippen LogP contribution is 2.18. The van der Waals surface area contributed by atoms with E-state index in [2.05, 4.69) is 93.7 Å². The van der Waals surface area contributed by atoms with Crippen molar-refractivity contribution < 1.29 is 28.6 Å². The lowest BCUT2D eigenvalue weighted by atomic mass is 10.0. The summed E-state index contributed by atoms with van der Waals surface area (Å²) in [5.74, 6) is -0.855. The zero-order valence-corrected chi connectivity index (χ0v) is 53.3. The van der Waals surface area contributed by atoms with Crippen molar-refractivity contribution in [3.05, 3.63) is 72.9 Å². The normalized spacial score (nSPS) is 12.5. The topological polar surface area (TPSA) is 78.9 Å². The second-order valence-electron chi connectivity index (χ2n) is 23.4. The summed E-state index contributed by atoms with van der Waals surface area (Å²) in [6.45, 7) is 6.55. The molecule has 0 radical (unpaired) electrons. The minimum absolute atomic E-state index is 0.0715. The Morgan fingerprint density at radius 2 is 0.487 bits per heavy atom. The molecule has 0 heterocycles. The molecular weight excluding hydrogens is 985 g/mol. The van der Waals surface area contributed by atoms with Crippen molar-refractivity contribution in [1.82, 2.24) is 0 Å². The van der Waals surface area contributed by atoms with Crippen LogP contribution in [0, 0.1) is 0 Å². The van der Waals surface area contributed by atoms with Gasteiger partial charge in [0.25, 0.3) is 0 Å². The van der Waals surface area contributed by atoms with Gasteiger partial charge in [-0.15, -0.1) is 0 Å². The van der Waals surface area contributed by atoms with Gasteiger partial charge in [0.2, 0.25) is 0 Å². The Morgan fingerprint density at radius 3 is 0.762 bits per heavy atom. The minimum Gasteiger partial charge on any atom is -0.462 e. The second-order valence-corrected chi connectivity index (χ2v) is 23.4. The molecule has 6 heteroatoms. The van der Waals surface area contributed by atoms with Gasteiger partial charge in [-0.05, 0) is 89.9 Å². The van der Waals surface area contributed by atoms with Crippen LogP contribution in [0.4, 0.5) is 0 Å². The third-order valence-electron chi connectivity index (χ3n) is 15.4. The van der Waals surface area contributed by atoms with Crippen LogP contribution in [0.3, 0.4) is 0 Å². The lowest BCUT2D eigenvalue weighted by Gasteiger charge is -2.18. The molecule has 0 saturated heterocycles. The number of ether oxygens (including phenoxy) is 3. The second kappa shape index (κ2) is 68.3. The Bertz CT molecular complexity index is 1470. The van der Waals surface area contributed by atoms with E-state index in [1.165, 1.54) is 231 Å². The van der Waals surface area contributed by atoms with Gasteiger partial charge in [0.1, 0.15) is 13.2 Å². The van der Waals surface area contributed by atoms with Crippen LogP contribution in [0.25, 0.3) is 0 Å². The van der Waals surface area contributed by atoms with E-state index in [-0.39, 0.29) is 31.1 Å². The first-order valence-corrected chi connectivity index (χ1v) is 34.9. The van der Waals surface area contributed by atoms with Crippen LogP contribution in [-0.2, 0) is 28.6 Å². The van der Waals surface area contributed by atoms with Crippen molar-refractivity contribution in [2.75, 3.05) is 13.2 Å². The predicted molar refractivity (Wildman–Crippen MR) is 348 cm³/mol. The molecule has 0 bridgehead atoms. The molecule has 464 valence electrons. The van der Waals surface area contributed by atoms with Crippen LogP contribution in [0.1, 0.15) is 361 Å². The molecule has 0 aliphatic carbocycles. The van der Waals surface area contributed by atoms with E-state index in [0.717, 1.165) is 89.9 Å². The van der Waals surface area contributed by atoms with E-state index in [4.69, 9.17) is 14.2 Å². The molecule has 1 atom stereocenters. The van der Waals surface area contributed by atoms with Gasteiger partial charge in [-0.2, -0.15) is 0 Å². The number of unbranched alkanes of at least 4 members (excludes halogenated alkanes) is 41. The molecule has 0 aliphatic heterocycles. The first-order valence-electron chi connectivity index (χ1n) is 34.9. The summed E-state index contributed by atoms with van der Waals surface area (Å²) in [5, 5.41) is 0. The van der Waals surface area contributed by atoms with Crippen molar-refractivity contribution >= 4 is 17.9 Å². The highest BCUT2D eigenvalue weighted by atomic mass is 16.6. The van der Waals surface area contributed by atoms with Crippen LogP contribution in [0.15, 0.2) is 72.9 Å². The first kappa shape index (κ1) is 76.9. The van der Waals surface area contributed by atoms with Gasteiger partial charge < -0.3 is 14.2 Å². The third-order valence-corrected chi connectivity index (χ3v) is 15.4. The number of hydrogen-bond acceptors (Lipinski definition) is 6. The lowest BCUT2D eigenvalue weighted by molar-refractivity contribution is -0.167. The molecule has 6 nitrogen and oxygen atoms in total. The molecule has 0 aromatic carbocycles. The number of esters is 3. The molecule has 0 saturated carbocycles. The highest BCUT2D eigenvalue weighted by Gasteiger charge is 2.19. The summed E-state index contributed by atoms with van der Waals surface area (Å²) < 4.78 is 17.0. The molecule has 0 aromatic heterocycles. The Morgan fingerprint density at radius 1 is 0.263 bits per heavy atom. The molecule has 0 fully saturated rings. The molecule has 0 spiro atoms. The van der Waals surface area contributed by atoms with Crippen molar-refractivity contribution in [1.29, 1.82) is 0 Å². The Hall–Kier alpha value is -3.15. The highest BCUT2D eigenvalue weighted by molar-refractivity contribution is 5.71. The van der Waals surface area contributed by atoms with Gasteiger partial charge in [-0.1, -0.05) is 325 Å². The zero-order chi connectivity index (χ0) is 57.8. The maximum atomic E-state index is 12.9. The molecule has 0 amide bonds. The average molecular weight is 1120 g/mol. The minimum atomic E-state index is -0.774. The fraction of sp³-hybridized carbons (Fsp3) is 0.797. The largest absolute Gasteiger partial charge is 0.462 e. The van der Waals surface area contributed by atoms with E-state index in [0.29, 0.717) is 19.3 Å². The average Bonchev–Trinajstić information content (AvgIpc) is 3.46. The summed E-state index contributed by atoms with van der Waals surface area (Å²) in [6.07, 6.45) is 89.3. The van der Waals surface area contributed by atoms with Gasteiger partial charge in [-0.3, -0.25) is 14.4 Å². The summed E-state index contributed by atoms with van der Waals surface area (Å²) in [6, 6.07) is 0. The van der Waals surface area contributed by atoms with Gasteiger partial charge in [0, 0.05) is 19.3 Å². The van der Waals surface area contributed by atoms with E-state index >= 15 is 0 Å². The number of rotatable bonds is 64. The van der Waals surface area contributed by atoms with Crippen molar-refractivity contribution in [3.63, 3.8) is 0 Å². The van der Waals surface area contributed by atoms with Gasteiger partial charge in [0.05, 0.1) is 0 Å². The fourth-order valence-electron chi connectivity index (χ4n) is 10.2. The molecule has 0 rings (SSSR count). The van der Waals surface area contributed by atoms with Crippen LogP contribution >= 0.6 is 0 Å². The summed E-state index contributed by atoms with van der Waals surface area (Å²) in [5.41, 5.74) is 0. The van der Waals surface area contributed by atoms with Crippen molar-refractivity contribution in [3.8, 4) is 0 Å². The summed E-state index contributed by atoms with van der Waals surface area (Å²) in [7, 11) is 0. The van der Waals surface area contributed by atoms with E-state index < -0.39 is 6.10 Å². The van der Waals surface area contributed by atoms with E-state index in [1.54, 1.807) is 0 Å². The van der Waals surface area contributed by atoms with Gasteiger partial charge in [0.15, 0.2) is 6.10 Å². The Balaban J connectivity index is 4.17. The SMILES string of the molecule is CC/C=C\C/C=C\C/C=C\C/C=C\CCCCCCCCCCCCCCC(=O)OC(COC(=O)CCCCCCCCCCCC)COC(=O)CCCCCCCCCCCCCCCCC/C=C\C/C=C\CCCCCCC. The molecular formula is C74H132O6. The third kappa shape index (κ3) is 65.7. The zero-order valence-electron chi connectivity index (χ0n) is 53.3. The summed E-state index contributed by atoms with van der Waals surface area (Å²) in [4.78, 5) is 38.3. The van der Waals surface area contributed by atoms with Crippen LogP contribution < -0.4 is 0 Å². The fourth-order valence-corrected chi connectivity index (χ4v) is 10.2. The predicted octanol–water partition coefficient (Wildman–Crippen LogP) is 24.1. The Kier molecular flexibility index (Phi) is 65.7. The quantitative estimate of drug-likeness (QED) is 0.0261. The standard InChI is InChI=1S/C74H132O6/c1-4-7-10-13-16-19-22-24-26-28-30-32-34-36-37-39-40-42-44-46-48-50-52-55-58-61-64-67-73(76)79-70-71(69-78-72(75)66-63-60-57-54-21-18-15-12-9-6-3)80-74(77)68-65-62-59-56-53-51-49-47-45-43-41-38-35-33-31-29-27-25-23-20-17-14-11-8-5-2/h8,11,17,20,22,24-25,27-28,30-31,33,71H,4-7,9-10,12-16,18-19,21,23,26,29,32,34-70H2,1-3H3/b11-8-,20-17-,24-22-,27-25-,30-28-,33-31-. The smallest absolute Gasteiger partial charge is 0.306 e. The monoisotopic (exact) mass is 1120 g/mol. The van der Waals surface area contributed by atoms with Crippen molar-refractivity contribution in [2.45, 2.75) is 367 Å². The van der Waals surface area contributed by atoms with Crippen LogP contribution in [-0.4, -0.2) is 37.2 Å². The molecule has 80 heavy (non-hydrogen) atoms. The molecule has 1 unspecified atom stereocenters. The van der Waals surface area contributed by atoms with Crippen molar-refractivity contribution in [2.24, 2.45) is 0 Å². The number of carbonyl (C=O) groups excluding carboxylic acids is 3. The molecule has 0 aromatic rings. The van der Waals surface area contributed by atoms with Gasteiger partial charge in [-0.25, -0.2) is 0 Å². The van der Waals surface area contributed by atoms with E-state index in [1.807, 2.05) is 0 Å². The Labute approximate surface area is 497 Å². The van der Waals surface area contributed by atoms with Gasteiger partial charge >= 0.3 is 17.9 Å². The van der Waals surface area contributed by atoms with E-state index in [9.17, 15) is 14.4 Å². The summed E-state index contributed by atoms with van der Waals surface area (Å²) >= 11 is 0. The maximum absolute atomic E-state index is 12.9. The maximum Gasteiger partial charge on any atom is 0.306 e. The van der Waals surface area contributed by atoms with Crippen LogP contribution in [0.2, 0.25) is 0 Å². The number of allylic oxidation sites excluding steroid dienone is 12. The molecule has 0 N–H and O–H groups in total. The number of carbonyl (C=O) groups is 3. The number of hydrogen-bond donors (Lipinski definition) is 0. The lowest BCUT2D eigenvalue weighted by Crippen LogP contribution is -2.30.